The van der Waals surface area contributed by atoms with Gasteiger partial charge in [-0.3, -0.25) is 14.3 Å². The lowest BCUT2D eigenvalue weighted by molar-refractivity contribution is -0.126. The molecule has 0 bridgehead atoms. The highest BCUT2D eigenvalue weighted by Gasteiger charge is 2.42. The van der Waals surface area contributed by atoms with E-state index in [9.17, 15) is 9.59 Å². The molecule has 1 aromatic heterocycles. The van der Waals surface area contributed by atoms with Crippen molar-refractivity contribution in [3.63, 3.8) is 0 Å². The molecule has 0 radical (unpaired) electrons. The van der Waals surface area contributed by atoms with E-state index in [2.05, 4.69) is 15.7 Å². The maximum atomic E-state index is 13.2. The van der Waals surface area contributed by atoms with Gasteiger partial charge < -0.3 is 15.5 Å². The smallest absolute Gasteiger partial charge is 0.253 e. The van der Waals surface area contributed by atoms with Crippen LogP contribution in [0.3, 0.4) is 0 Å². The molecule has 2 N–H and O–H groups in total. The van der Waals surface area contributed by atoms with Crippen molar-refractivity contribution in [2.45, 2.75) is 31.2 Å². The van der Waals surface area contributed by atoms with Crippen molar-refractivity contribution in [3.05, 3.63) is 48.3 Å². The Labute approximate surface area is 158 Å². The molecule has 2 aliphatic rings. The summed E-state index contributed by atoms with van der Waals surface area (Å²) in [6.07, 6.45) is 7.01. The molecule has 0 spiro atoms. The summed E-state index contributed by atoms with van der Waals surface area (Å²) in [6.45, 7) is 3.15. The van der Waals surface area contributed by atoms with Crippen LogP contribution in [0.2, 0.25) is 0 Å². The Kier molecular flexibility index (Phi) is 4.94. The van der Waals surface area contributed by atoms with Gasteiger partial charge in [-0.05, 0) is 63.0 Å². The maximum absolute atomic E-state index is 13.2. The maximum Gasteiger partial charge on any atom is 0.253 e. The first kappa shape index (κ1) is 17.7. The van der Waals surface area contributed by atoms with E-state index >= 15 is 0 Å². The Hall–Kier alpha value is -2.67. The predicted molar refractivity (Wildman–Crippen MR) is 103 cm³/mol. The van der Waals surface area contributed by atoms with E-state index in [0.717, 1.165) is 39.0 Å². The lowest BCUT2D eigenvalue weighted by Crippen LogP contribution is -2.52. The molecule has 7 heteroatoms. The van der Waals surface area contributed by atoms with Gasteiger partial charge in [0.2, 0.25) is 0 Å². The molecule has 27 heavy (non-hydrogen) atoms. The van der Waals surface area contributed by atoms with Crippen LogP contribution in [0, 0.1) is 0 Å². The van der Waals surface area contributed by atoms with E-state index in [1.807, 2.05) is 35.4 Å². The third kappa shape index (κ3) is 3.47. The second-order valence-electron chi connectivity index (χ2n) is 7.27. The quantitative estimate of drug-likeness (QED) is 0.864. The summed E-state index contributed by atoms with van der Waals surface area (Å²) in [4.78, 5) is 27.7. The van der Waals surface area contributed by atoms with Gasteiger partial charge in [-0.15, -0.1) is 0 Å². The van der Waals surface area contributed by atoms with Crippen LogP contribution in [0.4, 0.5) is 5.69 Å². The fourth-order valence-electron chi connectivity index (χ4n) is 4.00. The van der Waals surface area contributed by atoms with E-state index in [1.165, 1.54) is 0 Å². The average molecular weight is 367 g/mol. The van der Waals surface area contributed by atoms with Crippen molar-refractivity contribution >= 4 is 17.5 Å². The Morgan fingerprint density at radius 1 is 1.11 bits per heavy atom. The van der Waals surface area contributed by atoms with Crippen LogP contribution in [0.5, 0.6) is 0 Å². The highest BCUT2D eigenvalue weighted by atomic mass is 16.2. The van der Waals surface area contributed by atoms with Gasteiger partial charge in [-0.25, -0.2) is 0 Å². The minimum absolute atomic E-state index is 0.0345. The summed E-state index contributed by atoms with van der Waals surface area (Å²) in [7, 11) is 0. The number of hydrogen-bond donors (Lipinski definition) is 2. The molecule has 2 fully saturated rings. The SMILES string of the molecule is O=C(c1cccc(NC(=O)C2(n3cccn3)CCNCC2)c1)N1CCCC1. The number of likely N-dealkylation sites (tertiary alicyclic amines) is 1. The number of nitrogens with one attached hydrogen (secondary N) is 2. The molecule has 3 heterocycles. The Morgan fingerprint density at radius 2 is 1.89 bits per heavy atom. The van der Waals surface area contributed by atoms with E-state index in [1.54, 1.807) is 16.9 Å². The third-order valence-electron chi connectivity index (χ3n) is 5.56. The highest BCUT2D eigenvalue weighted by Crippen LogP contribution is 2.29. The molecular formula is C20H25N5O2. The summed E-state index contributed by atoms with van der Waals surface area (Å²) in [5, 5.41) is 10.7. The van der Waals surface area contributed by atoms with Crippen LogP contribution in [-0.4, -0.2) is 52.7 Å². The third-order valence-corrected chi connectivity index (χ3v) is 5.56. The van der Waals surface area contributed by atoms with E-state index in [0.29, 0.717) is 24.1 Å². The number of anilines is 1. The zero-order chi connectivity index (χ0) is 18.7. The number of aromatic nitrogens is 2. The molecule has 1 aromatic carbocycles. The number of carbonyl (C=O) groups excluding carboxylic acids is 2. The van der Waals surface area contributed by atoms with Crippen LogP contribution >= 0.6 is 0 Å². The van der Waals surface area contributed by atoms with E-state index in [4.69, 9.17) is 0 Å². The van der Waals surface area contributed by atoms with Crippen molar-refractivity contribution in [1.82, 2.24) is 20.0 Å². The molecule has 2 aromatic rings. The van der Waals surface area contributed by atoms with Crippen LogP contribution in [0.25, 0.3) is 0 Å². The van der Waals surface area contributed by atoms with E-state index in [-0.39, 0.29) is 11.8 Å². The summed E-state index contributed by atoms with van der Waals surface area (Å²) in [5.41, 5.74) is 0.562. The number of carbonyl (C=O) groups is 2. The normalized spacial score (nSPS) is 19.0. The first-order chi connectivity index (χ1) is 13.2. The minimum atomic E-state index is -0.705. The van der Waals surface area contributed by atoms with Gasteiger partial charge in [0, 0.05) is 36.7 Å². The summed E-state index contributed by atoms with van der Waals surface area (Å²) in [5.74, 6) is -0.0503. The van der Waals surface area contributed by atoms with Crippen molar-refractivity contribution in [2.75, 3.05) is 31.5 Å². The molecule has 142 valence electrons. The molecule has 2 aliphatic heterocycles. The predicted octanol–water partition coefficient (Wildman–Crippen LogP) is 1.84. The number of hydrogen-bond acceptors (Lipinski definition) is 4. The lowest BCUT2D eigenvalue weighted by atomic mass is 9.87. The molecule has 2 saturated heterocycles. The van der Waals surface area contributed by atoms with Crippen LogP contribution in [0.1, 0.15) is 36.0 Å². The summed E-state index contributed by atoms with van der Waals surface area (Å²) < 4.78 is 1.77. The number of rotatable bonds is 4. The van der Waals surface area contributed by atoms with Crippen LogP contribution in [0.15, 0.2) is 42.7 Å². The largest absolute Gasteiger partial charge is 0.339 e. The average Bonchev–Trinajstić information content (AvgIpc) is 3.42. The van der Waals surface area contributed by atoms with Crippen LogP contribution < -0.4 is 10.6 Å². The molecule has 0 atom stereocenters. The second-order valence-corrected chi connectivity index (χ2v) is 7.27. The summed E-state index contributed by atoms with van der Waals surface area (Å²) >= 11 is 0. The van der Waals surface area contributed by atoms with Gasteiger partial charge >= 0.3 is 0 Å². The van der Waals surface area contributed by atoms with Gasteiger partial charge in [0.15, 0.2) is 0 Å². The molecule has 0 aliphatic carbocycles. The number of amides is 2. The highest BCUT2D eigenvalue weighted by molar-refractivity contribution is 5.99. The lowest BCUT2D eigenvalue weighted by Gasteiger charge is -2.36. The Balaban J connectivity index is 1.55. The minimum Gasteiger partial charge on any atom is -0.339 e. The Morgan fingerprint density at radius 3 is 2.59 bits per heavy atom. The molecule has 2 amide bonds. The Bertz CT molecular complexity index is 806. The van der Waals surface area contributed by atoms with Crippen molar-refractivity contribution in [3.8, 4) is 0 Å². The second kappa shape index (κ2) is 7.52. The standard InChI is InChI=1S/C20H25N5O2/c26-18(24-12-1-2-13-24)16-5-3-6-17(15-16)23-19(27)20(7-10-21-11-8-20)25-14-4-9-22-25/h3-6,9,14-15,21H,1-2,7-8,10-13H2,(H,23,27). The summed E-state index contributed by atoms with van der Waals surface area (Å²) in [6, 6.07) is 9.07. The molecular weight excluding hydrogens is 342 g/mol. The fraction of sp³-hybridized carbons (Fsp3) is 0.450. The number of nitrogens with zero attached hydrogens (tertiary/aromatic N) is 3. The van der Waals surface area contributed by atoms with Gasteiger partial charge in [0.05, 0.1) is 0 Å². The monoisotopic (exact) mass is 367 g/mol. The molecule has 0 unspecified atom stereocenters. The first-order valence-corrected chi connectivity index (χ1v) is 9.61. The van der Waals surface area contributed by atoms with Crippen molar-refractivity contribution in [1.29, 1.82) is 0 Å². The molecule has 7 nitrogen and oxygen atoms in total. The number of piperidine rings is 1. The van der Waals surface area contributed by atoms with Crippen LogP contribution in [-0.2, 0) is 10.3 Å². The fourth-order valence-corrected chi connectivity index (χ4v) is 4.00. The topological polar surface area (TPSA) is 79.3 Å². The van der Waals surface area contributed by atoms with Gasteiger partial charge in [-0.1, -0.05) is 6.07 Å². The van der Waals surface area contributed by atoms with Gasteiger partial charge in [0.25, 0.3) is 11.8 Å². The van der Waals surface area contributed by atoms with Gasteiger partial charge in [0.1, 0.15) is 5.54 Å². The first-order valence-electron chi connectivity index (χ1n) is 9.61. The number of benzene rings is 1. The van der Waals surface area contributed by atoms with Crippen molar-refractivity contribution < 1.29 is 9.59 Å². The molecule has 4 rings (SSSR count). The zero-order valence-electron chi connectivity index (χ0n) is 15.4. The van der Waals surface area contributed by atoms with Crippen molar-refractivity contribution in [2.24, 2.45) is 0 Å². The van der Waals surface area contributed by atoms with E-state index < -0.39 is 5.54 Å². The molecule has 0 saturated carbocycles. The zero-order valence-corrected chi connectivity index (χ0v) is 15.4. The van der Waals surface area contributed by atoms with Gasteiger partial charge in [-0.2, -0.15) is 5.10 Å².